The predicted molar refractivity (Wildman–Crippen MR) is 95.0 cm³/mol. The molecule has 9 nitrogen and oxygen atoms in total. The van der Waals surface area contributed by atoms with E-state index in [9.17, 15) is 9.18 Å². The molecule has 1 amide bonds. The molecule has 0 spiro atoms. The lowest BCUT2D eigenvalue weighted by Gasteiger charge is -2.03. The summed E-state index contributed by atoms with van der Waals surface area (Å²) in [6.45, 7) is 1.74. The van der Waals surface area contributed by atoms with Crippen LogP contribution in [0.4, 0.5) is 10.2 Å². The fraction of sp³-hybridized carbons (Fsp3) is 0.125. The highest BCUT2D eigenvalue weighted by molar-refractivity contribution is 8.00. The topological polar surface area (TPSA) is 112 Å². The Labute approximate surface area is 156 Å². The molecule has 0 atom stereocenters. The summed E-state index contributed by atoms with van der Waals surface area (Å²) < 4.78 is 19.5. The average Bonchev–Trinajstić information content (AvgIpc) is 3.27. The molecule has 11 heteroatoms. The number of hydrogen-bond acceptors (Lipinski definition) is 8. The molecule has 1 aromatic carbocycles. The molecule has 1 N–H and O–H groups in total. The van der Waals surface area contributed by atoms with Gasteiger partial charge in [-0.2, -0.15) is 4.68 Å². The van der Waals surface area contributed by atoms with E-state index in [0.717, 1.165) is 0 Å². The maximum absolute atomic E-state index is 13.1. The van der Waals surface area contributed by atoms with Crippen LogP contribution in [0.1, 0.15) is 5.76 Å². The molecule has 0 aliphatic carbocycles. The Morgan fingerprint density at radius 1 is 1.30 bits per heavy atom. The van der Waals surface area contributed by atoms with Crippen molar-refractivity contribution in [1.29, 1.82) is 0 Å². The largest absolute Gasteiger partial charge is 0.360 e. The number of benzene rings is 1. The minimum atomic E-state index is -0.345. The van der Waals surface area contributed by atoms with Gasteiger partial charge in [-0.3, -0.25) is 4.79 Å². The summed E-state index contributed by atoms with van der Waals surface area (Å²) in [7, 11) is 0. The lowest BCUT2D eigenvalue weighted by Crippen LogP contribution is -2.14. The van der Waals surface area contributed by atoms with Crippen LogP contribution < -0.4 is 5.32 Å². The van der Waals surface area contributed by atoms with Crippen molar-refractivity contribution in [3.63, 3.8) is 0 Å². The number of carbonyl (C=O) groups excluding carboxylic acids is 1. The monoisotopic (exact) mass is 385 g/mol. The molecule has 0 aliphatic rings. The van der Waals surface area contributed by atoms with Crippen LogP contribution in [0.5, 0.6) is 0 Å². The Balaban J connectivity index is 1.52. The minimum absolute atomic E-state index is 0.0986. The molecule has 3 heterocycles. The Kier molecular flexibility index (Phi) is 4.50. The molecule has 3 aromatic heterocycles. The van der Waals surface area contributed by atoms with E-state index in [-0.39, 0.29) is 17.5 Å². The highest BCUT2D eigenvalue weighted by atomic mass is 32.2. The second-order valence-corrected chi connectivity index (χ2v) is 6.45. The normalized spacial score (nSPS) is 11.0. The number of aromatic nitrogens is 6. The third-order valence-corrected chi connectivity index (χ3v) is 4.49. The van der Waals surface area contributed by atoms with Gasteiger partial charge in [0.2, 0.25) is 5.91 Å². The second-order valence-electron chi connectivity index (χ2n) is 5.49. The number of amides is 1. The van der Waals surface area contributed by atoms with E-state index in [2.05, 4.69) is 30.8 Å². The van der Waals surface area contributed by atoms with Crippen LogP contribution >= 0.6 is 11.8 Å². The highest BCUT2D eigenvalue weighted by Gasteiger charge is 2.15. The number of fused-ring (bicyclic) bond motifs is 1. The van der Waals surface area contributed by atoms with Crippen molar-refractivity contribution in [2.24, 2.45) is 0 Å². The number of aryl methyl sites for hydroxylation is 1. The van der Waals surface area contributed by atoms with Crippen molar-refractivity contribution in [3.05, 3.63) is 48.2 Å². The van der Waals surface area contributed by atoms with Crippen molar-refractivity contribution in [3.8, 4) is 5.69 Å². The third kappa shape index (κ3) is 3.62. The first kappa shape index (κ1) is 17.1. The molecule has 0 saturated heterocycles. The molecular formula is C16H12FN7O2S. The van der Waals surface area contributed by atoms with Gasteiger partial charge in [0.1, 0.15) is 22.9 Å². The molecule has 0 fully saturated rings. The van der Waals surface area contributed by atoms with Crippen LogP contribution in [0.25, 0.3) is 16.9 Å². The average molecular weight is 385 g/mol. The van der Waals surface area contributed by atoms with Crippen LogP contribution in [0.2, 0.25) is 0 Å². The van der Waals surface area contributed by atoms with Crippen molar-refractivity contribution in [2.75, 3.05) is 11.1 Å². The number of carbonyl (C=O) groups is 1. The van der Waals surface area contributed by atoms with Gasteiger partial charge in [-0.05, 0) is 31.2 Å². The highest BCUT2D eigenvalue weighted by Crippen LogP contribution is 2.24. The third-order valence-electron chi connectivity index (χ3n) is 3.51. The summed E-state index contributed by atoms with van der Waals surface area (Å²) in [6.07, 6.45) is 1.37. The smallest absolute Gasteiger partial charge is 0.236 e. The quantitative estimate of drug-likeness (QED) is 0.412. The van der Waals surface area contributed by atoms with Gasteiger partial charge in [-0.1, -0.05) is 22.1 Å². The van der Waals surface area contributed by atoms with Crippen LogP contribution in [0.3, 0.4) is 0 Å². The second kappa shape index (κ2) is 7.11. The molecule has 0 unspecified atom stereocenters. The maximum Gasteiger partial charge on any atom is 0.236 e. The van der Waals surface area contributed by atoms with E-state index in [1.165, 1.54) is 34.9 Å². The van der Waals surface area contributed by atoms with Crippen molar-refractivity contribution in [1.82, 2.24) is 30.1 Å². The molecule has 4 aromatic rings. The number of thioether (sulfide) groups is 1. The molecule has 0 radical (unpaired) electrons. The zero-order chi connectivity index (χ0) is 18.8. The summed E-state index contributed by atoms with van der Waals surface area (Å²) in [5, 5.41) is 15.0. The summed E-state index contributed by atoms with van der Waals surface area (Å²) in [6, 6.07) is 7.43. The predicted octanol–water partition coefficient (Wildman–Crippen LogP) is 2.38. The number of halogens is 1. The lowest BCUT2D eigenvalue weighted by atomic mass is 10.3. The molecule has 136 valence electrons. The summed E-state index contributed by atoms with van der Waals surface area (Å²) in [5.41, 5.74) is 1.54. The number of nitrogens with one attached hydrogen (secondary N) is 1. The van der Waals surface area contributed by atoms with Gasteiger partial charge >= 0.3 is 0 Å². The van der Waals surface area contributed by atoms with E-state index < -0.39 is 0 Å². The minimum Gasteiger partial charge on any atom is -0.360 e. The van der Waals surface area contributed by atoms with E-state index in [4.69, 9.17) is 4.52 Å². The molecule has 0 aliphatic heterocycles. The summed E-state index contributed by atoms with van der Waals surface area (Å²) in [5.74, 6) is 0.455. The molecule has 27 heavy (non-hydrogen) atoms. The summed E-state index contributed by atoms with van der Waals surface area (Å²) >= 11 is 1.20. The van der Waals surface area contributed by atoms with E-state index >= 15 is 0 Å². The Morgan fingerprint density at radius 2 is 2.11 bits per heavy atom. The fourth-order valence-corrected chi connectivity index (χ4v) is 3.06. The SMILES string of the molecule is Cc1cc(NC(=O)CSc2ncnc3c2nnn3-c2ccc(F)cc2)no1. The Morgan fingerprint density at radius 3 is 2.85 bits per heavy atom. The molecular weight excluding hydrogens is 373 g/mol. The number of hydrogen-bond donors (Lipinski definition) is 1. The first-order chi connectivity index (χ1) is 13.1. The fourth-order valence-electron chi connectivity index (χ4n) is 2.33. The standard InChI is InChI=1S/C16H12FN7O2S/c1-9-6-12(22-26-9)20-13(25)7-27-16-14-15(18-8-19-16)24(23-21-14)11-4-2-10(17)3-5-11/h2-6,8H,7H2,1H3,(H,20,22,25). The number of nitrogens with zero attached hydrogens (tertiary/aromatic N) is 6. The molecule has 0 bridgehead atoms. The first-order valence-electron chi connectivity index (χ1n) is 7.78. The Bertz CT molecular complexity index is 1110. The van der Waals surface area contributed by atoms with E-state index in [1.54, 1.807) is 25.1 Å². The van der Waals surface area contributed by atoms with Crippen LogP contribution in [0, 0.1) is 12.7 Å². The first-order valence-corrected chi connectivity index (χ1v) is 8.77. The van der Waals surface area contributed by atoms with E-state index in [0.29, 0.717) is 33.5 Å². The van der Waals surface area contributed by atoms with Gasteiger partial charge in [0.15, 0.2) is 17.0 Å². The zero-order valence-corrected chi connectivity index (χ0v) is 14.8. The van der Waals surface area contributed by atoms with Gasteiger partial charge in [-0.15, -0.1) is 5.10 Å². The zero-order valence-electron chi connectivity index (χ0n) is 14.0. The summed E-state index contributed by atoms with van der Waals surface area (Å²) in [4.78, 5) is 20.4. The lowest BCUT2D eigenvalue weighted by molar-refractivity contribution is -0.113. The van der Waals surface area contributed by atoms with Gasteiger partial charge in [0.25, 0.3) is 0 Å². The maximum atomic E-state index is 13.1. The van der Waals surface area contributed by atoms with Crippen molar-refractivity contribution in [2.45, 2.75) is 11.9 Å². The molecule has 0 saturated carbocycles. The van der Waals surface area contributed by atoms with Gasteiger partial charge in [-0.25, -0.2) is 14.4 Å². The van der Waals surface area contributed by atoms with Crippen molar-refractivity contribution < 1.29 is 13.7 Å². The van der Waals surface area contributed by atoms with Crippen LogP contribution in [-0.4, -0.2) is 41.8 Å². The van der Waals surface area contributed by atoms with Gasteiger partial charge < -0.3 is 9.84 Å². The van der Waals surface area contributed by atoms with Gasteiger partial charge in [0.05, 0.1) is 11.4 Å². The van der Waals surface area contributed by atoms with E-state index in [1.807, 2.05) is 0 Å². The molecule has 4 rings (SSSR count). The number of rotatable bonds is 5. The van der Waals surface area contributed by atoms with Crippen LogP contribution in [0.15, 0.2) is 46.2 Å². The Hall–Kier alpha value is -3.34. The van der Waals surface area contributed by atoms with Crippen molar-refractivity contribution >= 4 is 34.7 Å². The number of anilines is 1. The van der Waals surface area contributed by atoms with Gasteiger partial charge in [0, 0.05) is 6.07 Å². The van der Waals surface area contributed by atoms with Crippen LogP contribution in [-0.2, 0) is 4.79 Å².